The second kappa shape index (κ2) is 8.67. The van der Waals surface area contributed by atoms with Crippen LogP contribution >= 0.6 is 0 Å². The lowest BCUT2D eigenvalue weighted by Crippen LogP contribution is -2.33. The molecule has 5 nitrogen and oxygen atoms in total. The average Bonchev–Trinajstić information content (AvgIpc) is 3.01. The Hall–Kier alpha value is -3.93. The molecule has 0 fully saturated rings. The SMILES string of the molecule is CCOc1ccccc1NC1=C(c2ccc(F)cc2)C(=O)N(c2cc(C)ccc2C)C1=O. The minimum absolute atomic E-state index is 0.120. The van der Waals surface area contributed by atoms with E-state index < -0.39 is 17.6 Å². The number of imide groups is 1. The first-order valence-electron chi connectivity index (χ1n) is 10.4. The minimum Gasteiger partial charge on any atom is -0.492 e. The van der Waals surface area contributed by atoms with Gasteiger partial charge in [0, 0.05) is 0 Å². The second-order valence-corrected chi connectivity index (χ2v) is 7.55. The number of carbonyl (C=O) groups excluding carboxylic acids is 2. The van der Waals surface area contributed by atoms with E-state index in [1.165, 1.54) is 29.2 Å². The molecule has 0 unspecified atom stereocenters. The first kappa shape index (κ1) is 21.3. The predicted octanol–water partition coefficient (Wildman–Crippen LogP) is 5.24. The van der Waals surface area contributed by atoms with Gasteiger partial charge in [0.1, 0.15) is 17.3 Å². The first-order valence-corrected chi connectivity index (χ1v) is 10.4. The van der Waals surface area contributed by atoms with Gasteiger partial charge in [0.05, 0.1) is 23.6 Å². The molecule has 0 spiro atoms. The summed E-state index contributed by atoms with van der Waals surface area (Å²) >= 11 is 0. The van der Waals surface area contributed by atoms with Crippen LogP contribution in [0.1, 0.15) is 23.6 Å². The molecule has 0 aromatic heterocycles. The normalized spacial score (nSPS) is 13.7. The van der Waals surface area contributed by atoms with Crippen LogP contribution in [0.4, 0.5) is 15.8 Å². The van der Waals surface area contributed by atoms with Crippen molar-refractivity contribution < 1.29 is 18.7 Å². The fourth-order valence-electron chi connectivity index (χ4n) is 3.70. The van der Waals surface area contributed by atoms with Crippen LogP contribution in [0.2, 0.25) is 0 Å². The summed E-state index contributed by atoms with van der Waals surface area (Å²) in [5.41, 5.74) is 3.57. The molecule has 1 aliphatic heterocycles. The molecule has 1 N–H and O–H groups in total. The number of amides is 2. The Morgan fingerprint density at radius 3 is 2.38 bits per heavy atom. The maximum atomic E-state index is 13.6. The minimum atomic E-state index is -0.477. The van der Waals surface area contributed by atoms with Crippen LogP contribution in [0.3, 0.4) is 0 Å². The summed E-state index contributed by atoms with van der Waals surface area (Å²) < 4.78 is 19.2. The number of rotatable bonds is 6. The maximum absolute atomic E-state index is 13.6. The van der Waals surface area contributed by atoms with Crippen molar-refractivity contribution in [2.75, 3.05) is 16.8 Å². The average molecular weight is 430 g/mol. The molecular weight excluding hydrogens is 407 g/mol. The molecule has 1 aliphatic rings. The van der Waals surface area contributed by atoms with E-state index in [0.29, 0.717) is 29.3 Å². The third-order valence-corrected chi connectivity index (χ3v) is 5.27. The van der Waals surface area contributed by atoms with Crippen LogP contribution in [0.25, 0.3) is 5.57 Å². The lowest BCUT2D eigenvalue weighted by atomic mass is 10.0. The smallest absolute Gasteiger partial charge is 0.282 e. The number of anilines is 2. The van der Waals surface area contributed by atoms with E-state index in [1.807, 2.05) is 51.1 Å². The Morgan fingerprint density at radius 1 is 0.938 bits per heavy atom. The van der Waals surface area contributed by atoms with Gasteiger partial charge in [-0.2, -0.15) is 0 Å². The van der Waals surface area contributed by atoms with Crippen LogP contribution in [0, 0.1) is 19.7 Å². The third-order valence-electron chi connectivity index (χ3n) is 5.27. The van der Waals surface area contributed by atoms with Gasteiger partial charge in [-0.15, -0.1) is 0 Å². The van der Waals surface area contributed by atoms with Gasteiger partial charge in [0.25, 0.3) is 11.8 Å². The fourth-order valence-corrected chi connectivity index (χ4v) is 3.70. The van der Waals surface area contributed by atoms with Crippen molar-refractivity contribution in [1.29, 1.82) is 0 Å². The topological polar surface area (TPSA) is 58.6 Å². The van der Waals surface area contributed by atoms with Crippen LogP contribution in [-0.4, -0.2) is 18.4 Å². The Kier molecular flexibility index (Phi) is 5.77. The molecule has 0 radical (unpaired) electrons. The van der Waals surface area contributed by atoms with Crippen molar-refractivity contribution >= 4 is 28.8 Å². The molecule has 32 heavy (non-hydrogen) atoms. The molecule has 3 aromatic rings. The van der Waals surface area contributed by atoms with Gasteiger partial charge in [0.15, 0.2) is 0 Å². The van der Waals surface area contributed by atoms with E-state index >= 15 is 0 Å². The number of para-hydroxylation sites is 2. The summed E-state index contributed by atoms with van der Waals surface area (Å²) in [6.07, 6.45) is 0. The number of hydrogen-bond donors (Lipinski definition) is 1. The summed E-state index contributed by atoms with van der Waals surface area (Å²) in [5, 5.41) is 3.12. The lowest BCUT2D eigenvalue weighted by molar-refractivity contribution is -0.120. The molecule has 1 heterocycles. The number of nitrogens with zero attached hydrogens (tertiary/aromatic N) is 1. The van der Waals surface area contributed by atoms with E-state index in [4.69, 9.17) is 4.74 Å². The zero-order chi connectivity index (χ0) is 22.8. The first-order chi connectivity index (χ1) is 15.4. The molecule has 162 valence electrons. The second-order valence-electron chi connectivity index (χ2n) is 7.55. The number of ether oxygens (including phenoxy) is 1. The van der Waals surface area contributed by atoms with Gasteiger partial charge in [-0.25, -0.2) is 9.29 Å². The molecule has 4 rings (SSSR count). The molecule has 6 heteroatoms. The highest BCUT2D eigenvalue weighted by molar-refractivity contribution is 6.46. The molecule has 0 atom stereocenters. The zero-order valence-corrected chi connectivity index (χ0v) is 18.1. The molecule has 3 aromatic carbocycles. The van der Waals surface area contributed by atoms with Gasteiger partial charge >= 0.3 is 0 Å². The van der Waals surface area contributed by atoms with Crippen LogP contribution < -0.4 is 15.0 Å². The number of halogens is 1. The van der Waals surface area contributed by atoms with Gasteiger partial charge in [-0.05, 0) is 67.8 Å². The van der Waals surface area contributed by atoms with Crippen LogP contribution in [-0.2, 0) is 9.59 Å². The number of nitrogens with one attached hydrogen (secondary N) is 1. The summed E-state index contributed by atoms with van der Waals surface area (Å²) in [4.78, 5) is 28.3. The number of aryl methyl sites for hydroxylation is 2. The Bertz CT molecular complexity index is 1230. The molecule has 0 aliphatic carbocycles. The summed E-state index contributed by atoms with van der Waals surface area (Å²) in [5.74, 6) is -0.805. The molecule has 0 saturated heterocycles. The zero-order valence-electron chi connectivity index (χ0n) is 18.1. The van der Waals surface area contributed by atoms with Crippen LogP contribution in [0.5, 0.6) is 5.75 Å². The third kappa shape index (κ3) is 3.87. The Labute approximate surface area is 186 Å². The highest BCUT2D eigenvalue weighted by Gasteiger charge is 2.41. The maximum Gasteiger partial charge on any atom is 0.282 e. The highest BCUT2D eigenvalue weighted by atomic mass is 19.1. The van der Waals surface area contributed by atoms with E-state index in [-0.39, 0.29) is 11.3 Å². The van der Waals surface area contributed by atoms with Crippen molar-refractivity contribution in [1.82, 2.24) is 0 Å². The molecule has 0 saturated carbocycles. The van der Waals surface area contributed by atoms with Crippen molar-refractivity contribution in [2.45, 2.75) is 20.8 Å². The van der Waals surface area contributed by atoms with E-state index in [1.54, 1.807) is 12.1 Å². The standard InChI is InChI=1S/C26H23FN2O3/c1-4-32-22-8-6-5-7-20(22)28-24-23(18-11-13-19(27)14-12-18)25(30)29(26(24)31)21-15-16(2)9-10-17(21)3/h5-15,28H,4H2,1-3H3. The van der Waals surface area contributed by atoms with Gasteiger partial charge in [0.2, 0.25) is 0 Å². The molecular formula is C26H23FN2O3. The van der Waals surface area contributed by atoms with Crippen molar-refractivity contribution in [3.8, 4) is 5.75 Å². The Morgan fingerprint density at radius 2 is 1.66 bits per heavy atom. The van der Waals surface area contributed by atoms with Gasteiger partial charge < -0.3 is 10.1 Å². The summed E-state index contributed by atoms with van der Waals surface area (Å²) in [7, 11) is 0. The predicted molar refractivity (Wildman–Crippen MR) is 123 cm³/mol. The number of carbonyl (C=O) groups is 2. The van der Waals surface area contributed by atoms with Gasteiger partial charge in [-0.3, -0.25) is 9.59 Å². The molecule has 2 amide bonds. The highest BCUT2D eigenvalue weighted by Crippen LogP contribution is 2.37. The quantitative estimate of drug-likeness (QED) is 0.544. The fraction of sp³-hybridized carbons (Fsp3) is 0.154. The number of hydrogen-bond acceptors (Lipinski definition) is 4. The van der Waals surface area contributed by atoms with Gasteiger partial charge in [-0.1, -0.05) is 36.4 Å². The summed E-state index contributed by atoms with van der Waals surface area (Å²) in [6, 6.07) is 18.4. The van der Waals surface area contributed by atoms with E-state index in [9.17, 15) is 14.0 Å². The van der Waals surface area contributed by atoms with Crippen LogP contribution in [0.15, 0.2) is 72.4 Å². The number of benzene rings is 3. The van der Waals surface area contributed by atoms with E-state index in [0.717, 1.165) is 11.1 Å². The monoisotopic (exact) mass is 430 g/mol. The molecule has 0 bridgehead atoms. The van der Waals surface area contributed by atoms with Crippen molar-refractivity contribution in [3.63, 3.8) is 0 Å². The van der Waals surface area contributed by atoms with Crippen molar-refractivity contribution in [2.24, 2.45) is 0 Å². The van der Waals surface area contributed by atoms with E-state index in [2.05, 4.69) is 5.32 Å². The Balaban J connectivity index is 1.85. The lowest BCUT2D eigenvalue weighted by Gasteiger charge is -2.19. The van der Waals surface area contributed by atoms with Crippen molar-refractivity contribution in [3.05, 3.63) is 94.9 Å². The summed E-state index contributed by atoms with van der Waals surface area (Å²) in [6.45, 7) is 6.07. The largest absolute Gasteiger partial charge is 0.492 e.